The molecule has 138 valence electrons. The van der Waals surface area contributed by atoms with Crippen LogP contribution in [0.25, 0.3) is 6.08 Å². The van der Waals surface area contributed by atoms with Gasteiger partial charge in [-0.05, 0) is 44.0 Å². The minimum Gasteiger partial charge on any atom is -0.493 e. The normalized spacial score (nSPS) is 11.3. The standard InChI is InChI=1S/C18H24ClNO5/c1-6-9-25-16-13(19)10-12(11-14(16)23-4)7-8-15(21)20-18(2,3)17(22)24-5/h7-8,10-11H,6,9H2,1-5H3,(H,20,21)/b8-7+. The molecule has 0 spiro atoms. The smallest absolute Gasteiger partial charge is 0.330 e. The van der Waals surface area contributed by atoms with E-state index in [1.165, 1.54) is 20.3 Å². The SMILES string of the molecule is CCCOc1c(Cl)cc(/C=C/C(=O)NC(C)(C)C(=O)OC)cc1OC. The van der Waals surface area contributed by atoms with Crippen LogP contribution in [-0.2, 0) is 14.3 Å². The second kappa shape index (κ2) is 9.32. The molecule has 0 aliphatic carbocycles. The van der Waals surface area contributed by atoms with E-state index in [0.717, 1.165) is 6.42 Å². The summed E-state index contributed by atoms with van der Waals surface area (Å²) in [6.07, 6.45) is 3.72. The van der Waals surface area contributed by atoms with Crippen molar-refractivity contribution in [1.29, 1.82) is 0 Å². The van der Waals surface area contributed by atoms with Gasteiger partial charge in [0.05, 0.1) is 25.8 Å². The molecule has 0 radical (unpaired) electrons. The van der Waals surface area contributed by atoms with E-state index in [0.29, 0.717) is 28.7 Å². The minimum atomic E-state index is -1.12. The van der Waals surface area contributed by atoms with Gasteiger partial charge in [-0.2, -0.15) is 0 Å². The summed E-state index contributed by atoms with van der Waals surface area (Å²) in [5, 5.41) is 2.96. The molecule has 6 nitrogen and oxygen atoms in total. The van der Waals surface area contributed by atoms with Crippen molar-refractivity contribution in [3.8, 4) is 11.5 Å². The Labute approximate surface area is 153 Å². The number of methoxy groups -OCH3 is 2. The first-order valence-electron chi connectivity index (χ1n) is 7.84. The number of nitrogens with one attached hydrogen (secondary N) is 1. The molecule has 0 saturated heterocycles. The summed E-state index contributed by atoms with van der Waals surface area (Å²) >= 11 is 6.23. The van der Waals surface area contributed by atoms with Crippen molar-refractivity contribution in [3.63, 3.8) is 0 Å². The molecule has 0 atom stereocenters. The summed E-state index contributed by atoms with van der Waals surface area (Å²) in [5.74, 6) is -0.0106. The average molecular weight is 370 g/mol. The predicted octanol–water partition coefficient (Wildman–Crippen LogP) is 3.22. The second-order valence-electron chi connectivity index (χ2n) is 5.82. The first-order valence-corrected chi connectivity index (χ1v) is 8.22. The molecule has 1 amide bonds. The van der Waals surface area contributed by atoms with Crippen LogP contribution < -0.4 is 14.8 Å². The van der Waals surface area contributed by atoms with Crippen LogP contribution in [0.15, 0.2) is 18.2 Å². The second-order valence-corrected chi connectivity index (χ2v) is 6.23. The van der Waals surface area contributed by atoms with Crippen LogP contribution in [0.2, 0.25) is 5.02 Å². The maximum absolute atomic E-state index is 12.0. The number of ether oxygens (including phenoxy) is 3. The Bertz CT molecular complexity index is 655. The Balaban J connectivity index is 2.92. The van der Waals surface area contributed by atoms with Crippen LogP contribution in [0.5, 0.6) is 11.5 Å². The Kier molecular flexibility index (Phi) is 7.77. The predicted molar refractivity (Wildman–Crippen MR) is 97.1 cm³/mol. The summed E-state index contributed by atoms with van der Waals surface area (Å²) < 4.78 is 15.5. The number of rotatable bonds is 8. The van der Waals surface area contributed by atoms with Gasteiger partial charge >= 0.3 is 5.97 Å². The summed E-state index contributed by atoms with van der Waals surface area (Å²) in [6.45, 7) is 5.64. The number of esters is 1. The fraction of sp³-hybridized carbons (Fsp3) is 0.444. The Morgan fingerprint density at radius 1 is 1.28 bits per heavy atom. The molecule has 0 fully saturated rings. The number of halogens is 1. The van der Waals surface area contributed by atoms with E-state index >= 15 is 0 Å². The van der Waals surface area contributed by atoms with E-state index in [1.54, 1.807) is 32.1 Å². The largest absolute Gasteiger partial charge is 0.493 e. The molecule has 1 aromatic rings. The minimum absolute atomic E-state index is 0.391. The lowest BCUT2D eigenvalue weighted by molar-refractivity contribution is -0.148. The van der Waals surface area contributed by atoms with Crippen molar-refractivity contribution in [2.24, 2.45) is 0 Å². The molecule has 0 aromatic heterocycles. The molecule has 25 heavy (non-hydrogen) atoms. The van der Waals surface area contributed by atoms with Crippen LogP contribution in [0.3, 0.4) is 0 Å². The molecule has 0 saturated carbocycles. The molecule has 1 rings (SSSR count). The maximum Gasteiger partial charge on any atom is 0.330 e. The van der Waals surface area contributed by atoms with Crippen LogP contribution in [0.1, 0.15) is 32.8 Å². The number of hydrogen-bond acceptors (Lipinski definition) is 5. The van der Waals surface area contributed by atoms with Gasteiger partial charge < -0.3 is 19.5 Å². The van der Waals surface area contributed by atoms with Gasteiger partial charge in [-0.1, -0.05) is 18.5 Å². The monoisotopic (exact) mass is 369 g/mol. The van der Waals surface area contributed by atoms with Crippen molar-refractivity contribution < 1.29 is 23.8 Å². The van der Waals surface area contributed by atoms with Crippen molar-refractivity contribution in [3.05, 3.63) is 28.8 Å². The van der Waals surface area contributed by atoms with Gasteiger partial charge in [-0.3, -0.25) is 4.79 Å². The van der Waals surface area contributed by atoms with E-state index in [-0.39, 0.29) is 0 Å². The summed E-state index contributed by atoms with van der Waals surface area (Å²) in [7, 11) is 2.78. The number of carbonyl (C=O) groups is 2. The van der Waals surface area contributed by atoms with Gasteiger partial charge in [0.2, 0.25) is 5.91 Å². The number of benzene rings is 1. The number of amides is 1. The zero-order valence-electron chi connectivity index (χ0n) is 15.1. The van der Waals surface area contributed by atoms with E-state index in [2.05, 4.69) is 10.1 Å². The molecule has 0 heterocycles. The molecule has 1 N–H and O–H groups in total. The Morgan fingerprint density at radius 3 is 2.52 bits per heavy atom. The summed E-state index contributed by atoms with van der Waals surface area (Å²) in [5.41, 5.74) is -0.458. The van der Waals surface area contributed by atoms with Gasteiger partial charge in [-0.25, -0.2) is 4.79 Å². The third kappa shape index (κ3) is 5.98. The van der Waals surface area contributed by atoms with Gasteiger partial charge in [-0.15, -0.1) is 0 Å². The van der Waals surface area contributed by atoms with Crippen molar-refractivity contribution in [1.82, 2.24) is 5.32 Å². The molecule has 7 heteroatoms. The summed E-state index contributed by atoms with van der Waals surface area (Å²) in [4.78, 5) is 23.6. The quantitative estimate of drug-likeness (QED) is 0.562. The highest BCUT2D eigenvalue weighted by Crippen LogP contribution is 2.36. The van der Waals surface area contributed by atoms with Crippen molar-refractivity contribution in [2.45, 2.75) is 32.7 Å². The van der Waals surface area contributed by atoms with E-state index < -0.39 is 17.4 Å². The lowest BCUT2D eigenvalue weighted by Crippen LogP contribution is -2.49. The molecular weight excluding hydrogens is 346 g/mol. The van der Waals surface area contributed by atoms with Gasteiger partial charge in [0.1, 0.15) is 5.54 Å². The van der Waals surface area contributed by atoms with Crippen LogP contribution in [-0.4, -0.2) is 38.2 Å². The van der Waals surface area contributed by atoms with Gasteiger partial charge in [0, 0.05) is 6.08 Å². The topological polar surface area (TPSA) is 73.9 Å². The number of hydrogen-bond donors (Lipinski definition) is 1. The average Bonchev–Trinajstić information content (AvgIpc) is 2.57. The van der Waals surface area contributed by atoms with E-state index in [4.69, 9.17) is 21.1 Å². The van der Waals surface area contributed by atoms with Gasteiger partial charge in [0.25, 0.3) is 0 Å². The van der Waals surface area contributed by atoms with Crippen molar-refractivity contribution in [2.75, 3.05) is 20.8 Å². The number of carbonyl (C=O) groups excluding carboxylic acids is 2. The maximum atomic E-state index is 12.0. The highest BCUT2D eigenvalue weighted by atomic mass is 35.5. The van der Waals surface area contributed by atoms with Crippen LogP contribution in [0, 0.1) is 0 Å². The highest BCUT2D eigenvalue weighted by molar-refractivity contribution is 6.32. The molecule has 0 aliphatic heterocycles. The molecular formula is C18H24ClNO5. The first-order chi connectivity index (χ1) is 11.7. The third-order valence-electron chi connectivity index (χ3n) is 3.26. The zero-order chi connectivity index (χ0) is 19.0. The zero-order valence-corrected chi connectivity index (χ0v) is 15.9. The molecule has 1 aromatic carbocycles. The Hall–Kier alpha value is -2.21. The van der Waals surface area contributed by atoms with E-state index in [1.807, 2.05) is 6.92 Å². The van der Waals surface area contributed by atoms with Crippen LogP contribution >= 0.6 is 11.6 Å². The van der Waals surface area contributed by atoms with E-state index in [9.17, 15) is 9.59 Å². The van der Waals surface area contributed by atoms with Gasteiger partial charge in [0.15, 0.2) is 11.5 Å². The van der Waals surface area contributed by atoms with Crippen LogP contribution in [0.4, 0.5) is 0 Å². The highest BCUT2D eigenvalue weighted by Gasteiger charge is 2.29. The first kappa shape index (κ1) is 20.8. The lowest BCUT2D eigenvalue weighted by Gasteiger charge is -2.22. The summed E-state index contributed by atoms with van der Waals surface area (Å²) in [6, 6.07) is 3.39. The fourth-order valence-corrected chi connectivity index (χ4v) is 2.28. The molecule has 0 bridgehead atoms. The fourth-order valence-electron chi connectivity index (χ4n) is 2.01. The lowest BCUT2D eigenvalue weighted by atomic mass is 10.1. The molecule has 0 unspecified atom stereocenters. The molecule has 0 aliphatic rings. The Morgan fingerprint density at radius 2 is 1.96 bits per heavy atom. The third-order valence-corrected chi connectivity index (χ3v) is 3.54. The van der Waals surface area contributed by atoms with Crippen molar-refractivity contribution >= 4 is 29.6 Å².